The molecular formula is C49H31N3O. The average molecular weight is 678 g/mol. The van der Waals surface area contributed by atoms with Crippen LogP contribution in [0, 0.1) is 0 Å². The summed E-state index contributed by atoms with van der Waals surface area (Å²) < 4.78 is 9.19. The molecule has 0 fully saturated rings. The summed E-state index contributed by atoms with van der Waals surface area (Å²) in [5.74, 6) is 0.756. The van der Waals surface area contributed by atoms with Gasteiger partial charge in [0.05, 0.1) is 28.1 Å². The number of rotatable bonds is 5. The molecule has 0 aliphatic heterocycles. The number of nitrogens with zero attached hydrogens (tertiary/aromatic N) is 3. The van der Waals surface area contributed by atoms with Crippen molar-refractivity contribution in [3.63, 3.8) is 0 Å². The number of furan rings is 1. The Morgan fingerprint density at radius 3 is 1.79 bits per heavy atom. The van der Waals surface area contributed by atoms with E-state index in [1.54, 1.807) is 0 Å². The minimum Gasteiger partial charge on any atom is -0.456 e. The second-order valence-corrected chi connectivity index (χ2v) is 13.8. The molecule has 0 aliphatic rings. The molecule has 0 bridgehead atoms. The molecule has 11 rings (SSSR count). The Morgan fingerprint density at radius 2 is 1.06 bits per heavy atom. The molecule has 4 nitrogen and oxygen atoms in total. The first-order valence-electron chi connectivity index (χ1n) is 18.0. The zero-order valence-electron chi connectivity index (χ0n) is 28.7. The third kappa shape index (κ3) is 4.84. The summed E-state index contributed by atoms with van der Waals surface area (Å²) in [5, 5.41) is 9.45. The Kier molecular flexibility index (Phi) is 6.58. The van der Waals surface area contributed by atoms with Crippen LogP contribution < -0.4 is 0 Å². The highest BCUT2D eigenvalue weighted by Crippen LogP contribution is 2.41. The van der Waals surface area contributed by atoms with E-state index in [-0.39, 0.29) is 0 Å². The molecule has 3 aromatic heterocycles. The van der Waals surface area contributed by atoms with Gasteiger partial charge in [-0.1, -0.05) is 133 Å². The summed E-state index contributed by atoms with van der Waals surface area (Å²) in [6.45, 7) is 0. The first kappa shape index (κ1) is 29.7. The molecule has 0 aliphatic carbocycles. The smallest absolute Gasteiger partial charge is 0.137 e. The van der Waals surface area contributed by atoms with E-state index in [0.717, 1.165) is 72.6 Å². The molecule has 0 atom stereocenters. The third-order valence-electron chi connectivity index (χ3n) is 10.6. The Morgan fingerprint density at radius 1 is 0.434 bits per heavy atom. The van der Waals surface area contributed by atoms with Crippen molar-refractivity contribution >= 4 is 65.3 Å². The zero-order chi connectivity index (χ0) is 34.9. The van der Waals surface area contributed by atoms with Crippen LogP contribution in [0.5, 0.6) is 0 Å². The van der Waals surface area contributed by atoms with E-state index in [2.05, 4.69) is 168 Å². The van der Waals surface area contributed by atoms with Crippen LogP contribution in [0.25, 0.3) is 93.5 Å². The predicted molar refractivity (Wildman–Crippen MR) is 219 cm³/mol. The fourth-order valence-corrected chi connectivity index (χ4v) is 8.20. The van der Waals surface area contributed by atoms with Crippen molar-refractivity contribution in [1.29, 1.82) is 0 Å². The van der Waals surface area contributed by atoms with Crippen molar-refractivity contribution in [2.24, 2.45) is 0 Å². The summed E-state index contributed by atoms with van der Waals surface area (Å²) >= 11 is 0. The van der Waals surface area contributed by atoms with E-state index in [9.17, 15) is 0 Å². The minimum atomic E-state index is 0.517. The molecule has 11 aromatic rings. The summed E-state index contributed by atoms with van der Waals surface area (Å²) in [4.78, 5) is 10.5. The standard InChI is InChI=1S/C49H31N3O/c1-3-14-32(15-4-1)41-30-42(33-16-5-2-6-17-33)51-47(50-41)28-36-25-37(29-46-48(36)49-38-20-10-9-13-31(38)23-24-45(49)53-46)52-43-22-12-11-21-39(43)40-26-34-18-7-8-19-35(34)27-44(40)52/h1-27,29-30H,28H2. The van der Waals surface area contributed by atoms with E-state index in [0.29, 0.717) is 6.42 Å². The Balaban J connectivity index is 1.21. The number of aromatic nitrogens is 3. The van der Waals surface area contributed by atoms with Gasteiger partial charge in [0.2, 0.25) is 0 Å². The van der Waals surface area contributed by atoms with Crippen molar-refractivity contribution in [2.45, 2.75) is 6.42 Å². The minimum absolute atomic E-state index is 0.517. The molecule has 0 saturated carbocycles. The van der Waals surface area contributed by atoms with E-state index in [1.807, 2.05) is 12.1 Å². The predicted octanol–water partition coefficient (Wildman–Crippen LogP) is 12.7. The number of hydrogen-bond acceptors (Lipinski definition) is 3. The monoisotopic (exact) mass is 677 g/mol. The second-order valence-electron chi connectivity index (χ2n) is 13.8. The van der Waals surface area contributed by atoms with Crippen LogP contribution in [0.4, 0.5) is 0 Å². The fourth-order valence-electron chi connectivity index (χ4n) is 8.20. The number of para-hydroxylation sites is 1. The van der Waals surface area contributed by atoms with Crippen LogP contribution in [0.1, 0.15) is 11.4 Å². The Bertz CT molecular complexity index is 3140. The normalized spacial score (nSPS) is 11.8. The summed E-state index contributed by atoms with van der Waals surface area (Å²) in [5.41, 5.74) is 10.1. The molecule has 0 spiro atoms. The molecule has 0 N–H and O–H groups in total. The second kappa shape index (κ2) is 11.8. The third-order valence-corrected chi connectivity index (χ3v) is 10.6. The van der Waals surface area contributed by atoms with Gasteiger partial charge in [-0.25, -0.2) is 9.97 Å². The van der Waals surface area contributed by atoms with Gasteiger partial charge >= 0.3 is 0 Å². The highest BCUT2D eigenvalue weighted by atomic mass is 16.3. The molecule has 0 amide bonds. The summed E-state index contributed by atoms with van der Waals surface area (Å²) in [6, 6.07) is 62.2. The molecule has 53 heavy (non-hydrogen) atoms. The summed E-state index contributed by atoms with van der Waals surface area (Å²) in [7, 11) is 0. The van der Waals surface area contributed by atoms with Gasteiger partial charge in [-0.3, -0.25) is 0 Å². The van der Waals surface area contributed by atoms with Gasteiger partial charge in [-0.2, -0.15) is 0 Å². The van der Waals surface area contributed by atoms with Gasteiger partial charge in [0.15, 0.2) is 0 Å². The van der Waals surface area contributed by atoms with E-state index in [4.69, 9.17) is 14.4 Å². The largest absolute Gasteiger partial charge is 0.456 e. The van der Waals surface area contributed by atoms with E-state index < -0.39 is 0 Å². The van der Waals surface area contributed by atoms with Crippen molar-refractivity contribution in [3.05, 3.63) is 187 Å². The van der Waals surface area contributed by atoms with Crippen LogP contribution in [-0.4, -0.2) is 14.5 Å². The van der Waals surface area contributed by atoms with E-state index in [1.165, 1.54) is 32.3 Å². The molecule has 0 unspecified atom stereocenters. The van der Waals surface area contributed by atoms with Crippen LogP contribution in [0.15, 0.2) is 180 Å². The molecule has 0 saturated heterocycles. The maximum absolute atomic E-state index is 6.80. The van der Waals surface area contributed by atoms with Crippen LogP contribution >= 0.6 is 0 Å². The lowest BCUT2D eigenvalue weighted by molar-refractivity contribution is 0.668. The van der Waals surface area contributed by atoms with Crippen molar-refractivity contribution in [2.75, 3.05) is 0 Å². The lowest BCUT2D eigenvalue weighted by atomic mass is 9.98. The maximum Gasteiger partial charge on any atom is 0.137 e. The van der Waals surface area contributed by atoms with Gasteiger partial charge in [-0.15, -0.1) is 0 Å². The molecule has 4 heteroatoms. The molecule has 8 aromatic carbocycles. The Labute approximate surface area is 305 Å². The van der Waals surface area contributed by atoms with Crippen molar-refractivity contribution < 1.29 is 4.42 Å². The number of benzene rings is 8. The quantitative estimate of drug-likeness (QED) is 0.182. The van der Waals surface area contributed by atoms with Gasteiger partial charge < -0.3 is 8.98 Å². The Hall–Kier alpha value is -7.04. The lowest BCUT2D eigenvalue weighted by Crippen LogP contribution is -2.02. The van der Waals surface area contributed by atoms with Gasteiger partial charge in [0, 0.05) is 45.2 Å². The highest BCUT2D eigenvalue weighted by molar-refractivity contribution is 6.20. The maximum atomic E-state index is 6.80. The fraction of sp³-hybridized carbons (Fsp3) is 0.0204. The summed E-state index contributed by atoms with van der Waals surface area (Å²) in [6.07, 6.45) is 0.517. The first-order valence-corrected chi connectivity index (χ1v) is 18.0. The molecule has 3 heterocycles. The number of hydrogen-bond donors (Lipinski definition) is 0. The highest BCUT2D eigenvalue weighted by Gasteiger charge is 2.21. The SMILES string of the molecule is c1ccc(-c2cc(-c3ccccc3)nc(Cc3cc(-n4c5ccccc5c5cc6ccccc6cc54)cc4oc5ccc6ccccc6c5c34)n2)cc1. The van der Waals surface area contributed by atoms with Crippen LogP contribution in [0.3, 0.4) is 0 Å². The topological polar surface area (TPSA) is 43.9 Å². The lowest BCUT2D eigenvalue weighted by Gasteiger charge is -2.13. The van der Waals surface area contributed by atoms with Crippen LogP contribution in [-0.2, 0) is 6.42 Å². The van der Waals surface area contributed by atoms with Crippen molar-refractivity contribution in [1.82, 2.24) is 14.5 Å². The number of fused-ring (bicyclic) bond motifs is 9. The van der Waals surface area contributed by atoms with Gasteiger partial charge in [-0.05, 0) is 63.5 Å². The van der Waals surface area contributed by atoms with Crippen LogP contribution in [0.2, 0.25) is 0 Å². The molecule has 0 radical (unpaired) electrons. The van der Waals surface area contributed by atoms with Gasteiger partial charge in [0.25, 0.3) is 0 Å². The average Bonchev–Trinajstić information content (AvgIpc) is 3.76. The van der Waals surface area contributed by atoms with E-state index >= 15 is 0 Å². The molecule has 248 valence electrons. The first-order chi connectivity index (χ1) is 26.2. The molecular weight excluding hydrogens is 647 g/mol. The van der Waals surface area contributed by atoms with Crippen molar-refractivity contribution in [3.8, 4) is 28.2 Å². The zero-order valence-corrected chi connectivity index (χ0v) is 28.7. The van der Waals surface area contributed by atoms with Gasteiger partial charge in [0.1, 0.15) is 17.0 Å².